The number of hydrogen-bond donors (Lipinski definition) is 1. The van der Waals surface area contributed by atoms with Gasteiger partial charge in [0.1, 0.15) is 5.69 Å². The monoisotopic (exact) mass is 329 g/mol. The lowest BCUT2D eigenvalue weighted by atomic mass is 9.97. The highest BCUT2D eigenvalue weighted by atomic mass is 32.1. The molecule has 2 bridgehead atoms. The number of nitrogens with one attached hydrogen (secondary N) is 1. The van der Waals surface area contributed by atoms with E-state index in [1.54, 1.807) is 19.2 Å². The minimum atomic E-state index is -0.114. The Hall–Kier alpha value is -1.79. The van der Waals surface area contributed by atoms with Crippen molar-refractivity contribution in [3.8, 4) is 0 Å². The molecule has 2 aliphatic rings. The molecule has 1 unspecified atom stereocenters. The Morgan fingerprint density at radius 3 is 3.00 bits per heavy atom. The van der Waals surface area contributed by atoms with Gasteiger partial charge in [0.05, 0.1) is 4.88 Å². The number of ketones is 1. The maximum Gasteiger partial charge on any atom is 0.270 e. The Bertz CT molecular complexity index is 773. The summed E-state index contributed by atoms with van der Waals surface area (Å²) >= 11 is 1.42. The van der Waals surface area contributed by atoms with Crippen molar-refractivity contribution in [2.24, 2.45) is 5.92 Å². The number of aromatic nitrogens is 1. The molecule has 1 amide bonds. The van der Waals surface area contributed by atoms with Crippen LogP contribution >= 0.6 is 11.3 Å². The molecular weight excluding hydrogens is 310 g/mol. The van der Waals surface area contributed by atoms with Gasteiger partial charge in [0, 0.05) is 35.4 Å². The third kappa shape index (κ3) is 2.88. The molecule has 2 fully saturated rings. The van der Waals surface area contributed by atoms with Gasteiger partial charge in [0.15, 0.2) is 5.78 Å². The second-order valence-corrected chi connectivity index (χ2v) is 7.68. The van der Waals surface area contributed by atoms with E-state index in [4.69, 9.17) is 0 Å². The van der Waals surface area contributed by atoms with E-state index in [9.17, 15) is 9.59 Å². The van der Waals surface area contributed by atoms with Crippen molar-refractivity contribution in [3.63, 3.8) is 0 Å². The lowest BCUT2D eigenvalue weighted by molar-refractivity contribution is 0.0904. The van der Waals surface area contributed by atoms with Gasteiger partial charge in [0.25, 0.3) is 5.91 Å². The van der Waals surface area contributed by atoms with Gasteiger partial charge in [-0.05, 0) is 44.4 Å². The molecule has 0 aliphatic carbocycles. The van der Waals surface area contributed by atoms with Crippen LogP contribution in [0.5, 0.6) is 0 Å². The molecule has 1 N–H and O–H groups in total. The number of rotatable bonds is 3. The van der Waals surface area contributed by atoms with Gasteiger partial charge in [-0.15, -0.1) is 11.3 Å². The molecule has 3 atom stereocenters. The molecule has 4 rings (SSSR count). The molecule has 0 saturated carbocycles. The Balaban J connectivity index is 1.51. The first-order chi connectivity index (χ1) is 11.1. The van der Waals surface area contributed by atoms with Crippen molar-refractivity contribution in [3.05, 3.63) is 28.9 Å². The molecule has 5 nitrogen and oxygen atoms in total. The molecule has 2 aromatic heterocycles. The maximum atomic E-state index is 12.5. The number of carbonyl (C=O) groups is 2. The zero-order valence-electron chi connectivity index (χ0n) is 13.0. The number of carbonyl (C=O) groups excluding carboxylic acids is 2. The van der Waals surface area contributed by atoms with Crippen molar-refractivity contribution in [1.29, 1.82) is 0 Å². The molecule has 2 aromatic rings. The van der Waals surface area contributed by atoms with Crippen LogP contribution in [0.15, 0.2) is 18.3 Å². The van der Waals surface area contributed by atoms with E-state index < -0.39 is 0 Å². The van der Waals surface area contributed by atoms with Crippen molar-refractivity contribution in [1.82, 2.24) is 15.2 Å². The van der Waals surface area contributed by atoms with E-state index in [1.165, 1.54) is 24.3 Å². The highest BCUT2D eigenvalue weighted by Crippen LogP contribution is 2.28. The summed E-state index contributed by atoms with van der Waals surface area (Å²) in [5.74, 6) is 0.654. The molecule has 0 radical (unpaired) electrons. The predicted octanol–water partition coefficient (Wildman–Crippen LogP) is 2.32. The van der Waals surface area contributed by atoms with Gasteiger partial charge in [-0.2, -0.15) is 0 Å². The molecule has 23 heavy (non-hydrogen) atoms. The fourth-order valence-corrected chi connectivity index (χ4v) is 4.62. The zero-order valence-corrected chi connectivity index (χ0v) is 13.9. The second-order valence-electron chi connectivity index (χ2n) is 6.59. The van der Waals surface area contributed by atoms with Gasteiger partial charge in [-0.1, -0.05) is 0 Å². The number of thiophene rings is 1. The Labute approximate surface area is 138 Å². The first kappa shape index (κ1) is 14.8. The van der Waals surface area contributed by atoms with Crippen LogP contribution < -0.4 is 5.32 Å². The summed E-state index contributed by atoms with van der Waals surface area (Å²) in [7, 11) is 0. The van der Waals surface area contributed by atoms with Crippen LogP contribution in [0.2, 0.25) is 0 Å². The van der Waals surface area contributed by atoms with Crippen LogP contribution in [0, 0.1) is 5.92 Å². The summed E-state index contributed by atoms with van der Waals surface area (Å²) in [6.07, 6.45) is 4.00. The van der Waals surface area contributed by atoms with Crippen LogP contribution in [0.4, 0.5) is 0 Å². The molecule has 4 heterocycles. The Morgan fingerprint density at radius 2 is 2.22 bits per heavy atom. The smallest absolute Gasteiger partial charge is 0.270 e. The van der Waals surface area contributed by atoms with Crippen LogP contribution in [-0.4, -0.2) is 47.3 Å². The summed E-state index contributed by atoms with van der Waals surface area (Å²) in [6.45, 7) is 4.83. The number of piperidine rings is 1. The fraction of sp³-hybridized carbons (Fsp3) is 0.471. The quantitative estimate of drug-likeness (QED) is 0.878. The van der Waals surface area contributed by atoms with E-state index in [-0.39, 0.29) is 17.7 Å². The largest absolute Gasteiger partial charge is 0.347 e. The standard InChI is InChI=1S/C17H19N3O2S/c1-10(21)15-5-12-7-18-14(6-16(12)23-15)17(22)19-13-4-11-2-3-20(8-11)9-13/h5-7,11,13H,2-4,8-9H2,1H3,(H,19,22)/t11-,13+/m0/s1. The van der Waals surface area contributed by atoms with E-state index in [0.717, 1.165) is 35.5 Å². The van der Waals surface area contributed by atoms with Crippen LogP contribution in [0.3, 0.4) is 0 Å². The maximum absolute atomic E-state index is 12.5. The lowest BCUT2D eigenvalue weighted by Gasteiger charge is -2.30. The summed E-state index contributed by atoms with van der Waals surface area (Å²) in [6, 6.07) is 3.85. The zero-order chi connectivity index (χ0) is 16.0. The SMILES string of the molecule is CC(=O)c1cc2cnc(C(=O)N[C@@H]3C[C@@H]4CCN(C4)C3)cc2s1. The predicted molar refractivity (Wildman–Crippen MR) is 90.0 cm³/mol. The summed E-state index contributed by atoms with van der Waals surface area (Å²) in [4.78, 5) is 31.3. The van der Waals surface area contributed by atoms with E-state index in [2.05, 4.69) is 15.2 Å². The summed E-state index contributed by atoms with van der Waals surface area (Å²) in [5, 5.41) is 4.04. The Morgan fingerprint density at radius 1 is 1.35 bits per heavy atom. The van der Waals surface area contributed by atoms with Crippen LogP contribution in [-0.2, 0) is 0 Å². The van der Waals surface area contributed by atoms with Crippen molar-refractivity contribution >= 4 is 33.1 Å². The molecule has 2 aliphatic heterocycles. The number of Topliss-reactive ketones (excluding diaryl/α,β-unsaturated/α-hetero) is 1. The molecule has 6 heteroatoms. The number of hydrogen-bond acceptors (Lipinski definition) is 5. The van der Waals surface area contributed by atoms with Crippen molar-refractivity contribution < 1.29 is 9.59 Å². The van der Waals surface area contributed by atoms with Gasteiger partial charge in [-0.3, -0.25) is 14.6 Å². The summed E-state index contributed by atoms with van der Waals surface area (Å²) in [5.41, 5.74) is 0.433. The average molecular weight is 329 g/mol. The molecule has 2 saturated heterocycles. The summed E-state index contributed by atoms with van der Waals surface area (Å²) < 4.78 is 0.933. The molecule has 120 valence electrons. The first-order valence-electron chi connectivity index (χ1n) is 8.02. The second kappa shape index (κ2) is 5.69. The van der Waals surface area contributed by atoms with Gasteiger partial charge < -0.3 is 10.2 Å². The minimum absolute atomic E-state index is 0.0453. The van der Waals surface area contributed by atoms with Gasteiger partial charge in [-0.25, -0.2) is 0 Å². The average Bonchev–Trinajstić information content (AvgIpc) is 3.09. The van der Waals surface area contributed by atoms with Crippen LogP contribution in [0.25, 0.3) is 10.1 Å². The molecular formula is C17H19N3O2S. The van der Waals surface area contributed by atoms with Gasteiger partial charge >= 0.3 is 0 Å². The number of amides is 1. The van der Waals surface area contributed by atoms with E-state index in [0.29, 0.717) is 10.6 Å². The van der Waals surface area contributed by atoms with Crippen LogP contribution in [0.1, 0.15) is 39.9 Å². The third-order valence-electron chi connectivity index (χ3n) is 4.78. The van der Waals surface area contributed by atoms with E-state index in [1.807, 2.05) is 6.07 Å². The van der Waals surface area contributed by atoms with Crippen molar-refractivity contribution in [2.45, 2.75) is 25.8 Å². The van der Waals surface area contributed by atoms with Gasteiger partial charge in [0.2, 0.25) is 0 Å². The highest BCUT2D eigenvalue weighted by molar-refractivity contribution is 7.20. The fourth-order valence-electron chi connectivity index (χ4n) is 3.65. The molecule has 0 aromatic carbocycles. The lowest BCUT2D eigenvalue weighted by Crippen LogP contribution is -2.47. The van der Waals surface area contributed by atoms with Crippen molar-refractivity contribution in [2.75, 3.05) is 19.6 Å². The molecule has 0 spiro atoms. The first-order valence-corrected chi connectivity index (χ1v) is 8.84. The number of pyridine rings is 1. The topological polar surface area (TPSA) is 62.3 Å². The highest BCUT2D eigenvalue weighted by Gasteiger charge is 2.33. The van der Waals surface area contributed by atoms with E-state index >= 15 is 0 Å². The Kier molecular flexibility index (Phi) is 3.66. The number of nitrogens with zero attached hydrogens (tertiary/aromatic N) is 2. The minimum Gasteiger partial charge on any atom is -0.347 e. The third-order valence-corrected chi connectivity index (χ3v) is 5.98. The normalized spacial score (nSPS) is 26.4. The number of fused-ring (bicyclic) bond motifs is 3.